The highest BCUT2D eigenvalue weighted by molar-refractivity contribution is 5.64. The number of aromatic hydroxyl groups is 1. The van der Waals surface area contributed by atoms with Crippen LogP contribution in [0.5, 0.6) is 5.75 Å². The molecule has 0 aliphatic rings. The van der Waals surface area contributed by atoms with Crippen LogP contribution in [-0.2, 0) is 0 Å². The zero-order valence-corrected chi connectivity index (χ0v) is 9.22. The summed E-state index contributed by atoms with van der Waals surface area (Å²) in [7, 11) is 0. The summed E-state index contributed by atoms with van der Waals surface area (Å²) < 4.78 is 0. The zero-order valence-electron chi connectivity index (χ0n) is 9.22. The van der Waals surface area contributed by atoms with Crippen molar-refractivity contribution in [2.45, 2.75) is 13.0 Å². The van der Waals surface area contributed by atoms with E-state index in [0.29, 0.717) is 0 Å². The standard InChI is InChI=1S/C14H15NO/c1-10(15)11-2-4-12(5-3-11)13-6-8-14(16)9-7-13/h2-10,16H,15H2,1H3/t10-/m0/s1. The lowest BCUT2D eigenvalue weighted by Crippen LogP contribution is -2.04. The highest BCUT2D eigenvalue weighted by Crippen LogP contribution is 2.23. The molecule has 0 saturated carbocycles. The second kappa shape index (κ2) is 4.37. The second-order valence-corrected chi connectivity index (χ2v) is 3.96. The van der Waals surface area contributed by atoms with E-state index >= 15 is 0 Å². The molecule has 0 fully saturated rings. The van der Waals surface area contributed by atoms with E-state index in [1.54, 1.807) is 12.1 Å². The van der Waals surface area contributed by atoms with E-state index in [-0.39, 0.29) is 11.8 Å². The minimum absolute atomic E-state index is 0.0638. The van der Waals surface area contributed by atoms with E-state index in [4.69, 9.17) is 5.73 Å². The molecule has 3 N–H and O–H groups in total. The zero-order chi connectivity index (χ0) is 11.5. The summed E-state index contributed by atoms with van der Waals surface area (Å²) in [5.41, 5.74) is 9.14. The summed E-state index contributed by atoms with van der Waals surface area (Å²) in [6, 6.07) is 15.4. The first-order chi connectivity index (χ1) is 7.66. The largest absolute Gasteiger partial charge is 0.508 e. The Kier molecular flexibility index (Phi) is 2.93. The quantitative estimate of drug-likeness (QED) is 0.805. The van der Waals surface area contributed by atoms with Crippen LogP contribution in [0.4, 0.5) is 0 Å². The van der Waals surface area contributed by atoms with E-state index in [0.717, 1.165) is 16.7 Å². The van der Waals surface area contributed by atoms with Gasteiger partial charge in [-0.3, -0.25) is 0 Å². The summed E-state index contributed by atoms with van der Waals surface area (Å²) in [5, 5.41) is 9.20. The predicted molar refractivity (Wildman–Crippen MR) is 66.1 cm³/mol. The molecule has 0 heterocycles. The SMILES string of the molecule is C[C@H](N)c1ccc(-c2ccc(O)cc2)cc1. The third-order valence-electron chi connectivity index (χ3n) is 2.64. The smallest absolute Gasteiger partial charge is 0.115 e. The van der Waals surface area contributed by atoms with Gasteiger partial charge in [0.05, 0.1) is 0 Å². The fourth-order valence-corrected chi connectivity index (χ4v) is 1.63. The van der Waals surface area contributed by atoms with Gasteiger partial charge in [-0.25, -0.2) is 0 Å². The van der Waals surface area contributed by atoms with Crippen molar-refractivity contribution in [2.75, 3.05) is 0 Å². The monoisotopic (exact) mass is 213 g/mol. The number of phenolic OH excluding ortho intramolecular Hbond substituents is 1. The predicted octanol–water partition coefficient (Wildman–Crippen LogP) is 3.08. The normalized spacial score (nSPS) is 12.4. The van der Waals surface area contributed by atoms with Crippen molar-refractivity contribution in [1.82, 2.24) is 0 Å². The van der Waals surface area contributed by atoms with Crippen molar-refractivity contribution in [3.8, 4) is 16.9 Å². The Hall–Kier alpha value is -1.80. The van der Waals surface area contributed by atoms with Crippen LogP contribution in [0, 0.1) is 0 Å². The van der Waals surface area contributed by atoms with Crippen LogP contribution in [0.3, 0.4) is 0 Å². The van der Waals surface area contributed by atoms with Gasteiger partial charge in [-0.15, -0.1) is 0 Å². The lowest BCUT2D eigenvalue weighted by atomic mass is 10.0. The van der Waals surface area contributed by atoms with Gasteiger partial charge in [-0.05, 0) is 35.7 Å². The highest BCUT2D eigenvalue weighted by Gasteiger charge is 2.00. The van der Waals surface area contributed by atoms with Gasteiger partial charge in [0, 0.05) is 6.04 Å². The molecule has 2 nitrogen and oxygen atoms in total. The molecule has 2 aromatic rings. The first kappa shape index (κ1) is 10.7. The third-order valence-corrected chi connectivity index (χ3v) is 2.64. The van der Waals surface area contributed by atoms with Gasteiger partial charge in [-0.2, -0.15) is 0 Å². The fourth-order valence-electron chi connectivity index (χ4n) is 1.63. The van der Waals surface area contributed by atoms with Gasteiger partial charge in [0.15, 0.2) is 0 Å². The number of phenols is 1. The van der Waals surface area contributed by atoms with Crippen LogP contribution in [0.1, 0.15) is 18.5 Å². The second-order valence-electron chi connectivity index (χ2n) is 3.96. The number of hydrogen-bond donors (Lipinski definition) is 2. The lowest BCUT2D eigenvalue weighted by molar-refractivity contribution is 0.475. The minimum atomic E-state index is 0.0638. The van der Waals surface area contributed by atoms with Crippen LogP contribution < -0.4 is 5.73 Å². The fraction of sp³-hybridized carbons (Fsp3) is 0.143. The van der Waals surface area contributed by atoms with Crippen molar-refractivity contribution >= 4 is 0 Å². The Morgan fingerprint density at radius 1 is 0.875 bits per heavy atom. The molecule has 0 aliphatic carbocycles. The summed E-state index contributed by atoms with van der Waals surface area (Å²) in [4.78, 5) is 0. The number of rotatable bonds is 2. The van der Waals surface area contributed by atoms with Crippen molar-refractivity contribution in [1.29, 1.82) is 0 Å². The molecular weight excluding hydrogens is 198 g/mol. The topological polar surface area (TPSA) is 46.2 Å². The minimum Gasteiger partial charge on any atom is -0.508 e. The molecule has 2 heteroatoms. The summed E-state index contributed by atoms with van der Waals surface area (Å²) in [5.74, 6) is 0.288. The highest BCUT2D eigenvalue weighted by atomic mass is 16.3. The molecule has 16 heavy (non-hydrogen) atoms. The molecular formula is C14H15NO. The molecule has 0 amide bonds. The van der Waals surface area contributed by atoms with Gasteiger partial charge in [0.2, 0.25) is 0 Å². The van der Waals surface area contributed by atoms with Gasteiger partial charge in [0.1, 0.15) is 5.75 Å². The third kappa shape index (κ3) is 2.23. The number of benzene rings is 2. The van der Waals surface area contributed by atoms with Gasteiger partial charge < -0.3 is 10.8 Å². The van der Waals surface area contributed by atoms with Crippen LogP contribution in [0.25, 0.3) is 11.1 Å². The number of hydrogen-bond acceptors (Lipinski definition) is 2. The molecule has 0 unspecified atom stereocenters. The van der Waals surface area contributed by atoms with Crippen LogP contribution >= 0.6 is 0 Å². The Morgan fingerprint density at radius 2 is 1.31 bits per heavy atom. The van der Waals surface area contributed by atoms with E-state index in [1.165, 1.54) is 0 Å². The van der Waals surface area contributed by atoms with E-state index in [1.807, 2.05) is 43.3 Å². The Morgan fingerprint density at radius 3 is 1.75 bits per heavy atom. The van der Waals surface area contributed by atoms with E-state index in [2.05, 4.69) is 0 Å². The van der Waals surface area contributed by atoms with Crippen molar-refractivity contribution in [3.63, 3.8) is 0 Å². The van der Waals surface area contributed by atoms with Crippen molar-refractivity contribution in [2.24, 2.45) is 5.73 Å². The Labute approximate surface area is 95.4 Å². The maximum Gasteiger partial charge on any atom is 0.115 e. The first-order valence-electron chi connectivity index (χ1n) is 5.32. The van der Waals surface area contributed by atoms with Gasteiger partial charge >= 0.3 is 0 Å². The molecule has 0 aromatic heterocycles. The van der Waals surface area contributed by atoms with Crippen molar-refractivity contribution in [3.05, 3.63) is 54.1 Å². The van der Waals surface area contributed by atoms with E-state index < -0.39 is 0 Å². The van der Waals surface area contributed by atoms with Crippen LogP contribution in [0.15, 0.2) is 48.5 Å². The maximum atomic E-state index is 9.20. The Balaban J connectivity index is 2.31. The average molecular weight is 213 g/mol. The first-order valence-corrected chi connectivity index (χ1v) is 5.32. The molecule has 1 atom stereocenters. The summed E-state index contributed by atoms with van der Waals surface area (Å²) >= 11 is 0. The number of nitrogens with two attached hydrogens (primary N) is 1. The van der Waals surface area contributed by atoms with Crippen LogP contribution in [-0.4, -0.2) is 5.11 Å². The average Bonchev–Trinajstić information content (AvgIpc) is 2.30. The molecule has 82 valence electrons. The molecule has 0 aliphatic heterocycles. The van der Waals surface area contributed by atoms with E-state index in [9.17, 15) is 5.11 Å². The molecule has 2 rings (SSSR count). The lowest BCUT2D eigenvalue weighted by Gasteiger charge is -2.07. The molecule has 0 spiro atoms. The Bertz CT molecular complexity index is 457. The maximum absolute atomic E-state index is 9.20. The molecule has 0 radical (unpaired) electrons. The molecule has 0 bridgehead atoms. The summed E-state index contributed by atoms with van der Waals surface area (Å²) in [6.45, 7) is 1.97. The summed E-state index contributed by atoms with van der Waals surface area (Å²) in [6.07, 6.45) is 0. The van der Waals surface area contributed by atoms with Crippen molar-refractivity contribution < 1.29 is 5.11 Å². The van der Waals surface area contributed by atoms with Gasteiger partial charge in [0.25, 0.3) is 0 Å². The molecule has 2 aromatic carbocycles. The van der Waals surface area contributed by atoms with Gasteiger partial charge in [-0.1, -0.05) is 36.4 Å². The van der Waals surface area contributed by atoms with Crippen LogP contribution in [0.2, 0.25) is 0 Å². The molecule has 0 saturated heterocycles.